The van der Waals surface area contributed by atoms with Crippen LogP contribution in [0.25, 0.3) is 0 Å². The van der Waals surface area contributed by atoms with Crippen molar-refractivity contribution in [3.63, 3.8) is 0 Å². The Kier molecular flexibility index (Phi) is 2.89. The predicted molar refractivity (Wildman–Crippen MR) is 60.7 cm³/mol. The van der Waals surface area contributed by atoms with Crippen molar-refractivity contribution >= 4 is 17.5 Å². The molecule has 6 heteroatoms. The number of nitrogens with one attached hydrogen (secondary N) is 1. The van der Waals surface area contributed by atoms with E-state index in [9.17, 15) is 4.79 Å². The van der Waals surface area contributed by atoms with Crippen LogP contribution in [-0.2, 0) is 4.79 Å². The van der Waals surface area contributed by atoms with Crippen LogP contribution in [0.3, 0.4) is 0 Å². The van der Waals surface area contributed by atoms with Crippen molar-refractivity contribution in [1.82, 2.24) is 9.97 Å². The number of rotatable bonds is 5. The number of carbonyl (C=O) groups is 1. The Morgan fingerprint density at radius 1 is 1.50 bits per heavy atom. The number of hydrogen-bond acceptors (Lipinski definition) is 5. The summed E-state index contributed by atoms with van der Waals surface area (Å²) in [7, 11) is 0. The summed E-state index contributed by atoms with van der Waals surface area (Å²) in [6.07, 6.45) is 2.54. The van der Waals surface area contributed by atoms with Crippen LogP contribution in [0.4, 0.5) is 11.6 Å². The van der Waals surface area contributed by atoms with Crippen molar-refractivity contribution in [2.75, 3.05) is 17.6 Å². The summed E-state index contributed by atoms with van der Waals surface area (Å²) in [6.45, 7) is 0.468. The lowest BCUT2D eigenvalue weighted by Crippen LogP contribution is -2.16. The molecule has 6 nitrogen and oxygen atoms in total. The highest BCUT2D eigenvalue weighted by Crippen LogP contribution is 2.38. The Hall–Kier alpha value is -1.85. The van der Waals surface area contributed by atoms with E-state index in [0.717, 1.165) is 18.7 Å². The minimum atomic E-state index is -0.336. The Morgan fingerprint density at radius 3 is 2.88 bits per heavy atom. The van der Waals surface area contributed by atoms with Crippen molar-refractivity contribution < 1.29 is 4.79 Å². The van der Waals surface area contributed by atoms with Gasteiger partial charge in [0.05, 0.1) is 0 Å². The first-order valence-corrected chi connectivity index (χ1v) is 5.32. The number of nitrogens with zero attached hydrogens (tertiary/aromatic N) is 2. The van der Waals surface area contributed by atoms with Crippen LogP contribution < -0.4 is 16.8 Å². The molecule has 0 bridgehead atoms. The second-order valence-electron chi connectivity index (χ2n) is 3.95. The topological polar surface area (TPSA) is 107 Å². The van der Waals surface area contributed by atoms with E-state index in [0.29, 0.717) is 24.1 Å². The fraction of sp³-hybridized carbons (Fsp3) is 0.500. The highest BCUT2D eigenvalue weighted by atomic mass is 16.1. The van der Waals surface area contributed by atoms with Gasteiger partial charge in [-0.15, -0.1) is 0 Å². The number of anilines is 2. The Balaban J connectivity index is 1.99. The summed E-state index contributed by atoms with van der Waals surface area (Å²) in [5.74, 6) is 2.04. The zero-order valence-electron chi connectivity index (χ0n) is 8.94. The van der Waals surface area contributed by atoms with Crippen molar-refractivity contribution in [2.45, 2.75) is 25.2 Å². The molecular weight excluding hydrogens is 206 g/mol. The first-order valence-electron chi connectivity index (χ1n) is 5.32. The minimum Gasteiger partial charge on any atom is -0.384 e. The summed E-state index contributed by atoms with van der Waals surface area (Å²) in [5, 5.41) is 3.01. The third kappa shape index (κ3) is 2.82. The quantitative estimate of drug-likeness (QED) is 0.659. The molecule has 0 saturated heterocycles. The van der Waals surface area contributed by atoms with E-state index >= 15 is 0 Å². The average molecular weight is 221 g/mol. The highest BCUT2D eigenvalue weighted by molar-refractivity contribution is 5.74. The Labute approximate surface area is 93.4 Å². The van der Waals surface area contributed by atoms with Gasteiger partial charge in [-0.2, -0.15) is 0 Å². The van der Waals surface area contributed by atoms with Crippen LogP contribution >= 0.6 is 0 Å². The maximum absolute atomic E-state index is 10.6. The van der Waals surface area contributed by atoms with Gasteiger partial charge < -0.3 is 16.8 Å². The Bertz CT molecular complexity index is 402. The number of carbonyl (C=O) groups excluding carboxylic acids is 1. The van der Waals surface area contributed by atoms with Gasteiger partial charge in [-0.05, 0) is 12.8 Å². The fourth-order valence-corrected chi connectivity index (χ4v) is 1.41. The van der Waals surface area contributed by atoms with Crippen molar-refractivity contribution in [3.05, 3.63) is 11.9 Å². The standard InChI is InChI=1S/C10H15N5O/c11-7-5-9(13-4-3-8(12)16)15-10(14-7)6-1-2-6/h5-6H,1-4H2,(H2,12,16)(H3,11,13,14,15). The van der Waals surface area contributed by atoms with Gasteiger partial charge in [-0.1, -0.05) is 0 Å². The number of primary amides is 1. The molecule has 1 fully saturated rings. The molecule has 1 amide bonds. The lowest BCUT2D eigenvalue weighted by molar-refractivity contribution is -0.117. The van der Waals surface area contributed by atoms with Crippen LogP contribution in [0.15, 0.2) is 6.07 Å². The molecule has 5 N–H and O–H groups in total. The van der Waals surface area contributed by atoms with Crippen molar-refractivity contribution in [2.24, 2.45) is 5.73 Å². The van der Waals surface area contributed by atoms with Crippen LogP contribution in [0.5, 0.6) is 0 Å². The summed E-state index contributed by atoms with van der Waals surface area (Å²) in [4.78, 5) is 19.1. The summed E-state index contributed by atoms with van der Waals surface area (Å²) in [6, 6.07) is 1.66. The van der Waals surface area contributed by atoms with Gasteiger partial charge >= 0.3 is 0 Å². The molecule has 1 aromatic rings. The lowest BCUT2D eigenvalue weighted by Gasteiger charge is -2.06. The molecule has 0 aliphatic heterocycles. The van der Waals surface area contributed by atoms with E-state index in [4.69, 9.17) is 11.5 Å². The molecule has 86 valence electrons. The SMILES string of the molecule is NC(=O)CCNc1cc(N)nc(C2CC2)n1. The first-order chi connectivity index (χ1) is 7.65. The van der Waals surface area contributed by atoms with E-state index < -0.39 is 0 Å². The molecule has 0 spiro atoms. The maximum atomic E-state index is 10.6. The normalized spacial score (nSPS) is 14.8. The van der Waals surface area contributed by atoms with Gasteiger partial charge in [-0.25, -0.2) is 9.97 Å². The van der Waals surface area contributed by atoms with E-state index in [1.165, 1.54) is 0 Å². The smallest absolute Gasteiger partial charge is 0.219 e. The highest BCUT2D eigenvalue weighted by Gasteiger charge is 2.27. The van der Waals surface area contributed by atoms with Crippen LogP contribution in [0.2, 0.25) is 0 Å². The molecule has 1 aliphatic carbocycles. The maximum Gasteiger partial charge on any atom is 0.219 e. The third-order valence-corrected chi connectivity index (χ3v) is 2.38. The van der Waals surface area contributed by atoms with Gasteiger partial charge in [0, 0.05) is 24.9 Å². The number of nitrogen functional groups attached to an aromatic ring is 1. The third-order valence-electron chi connectivity index (χ3n) is 2.38. The summed E-state index contributed by atoms with van der Waals surface area (Å²) in [5.41, 5.74) is 10.7. The molecule has 0 radical (unpaired) electrons. The zero-order chi connectivity index (χ0) is 11.5. The van der Waals surface area contributed by atoms with Gasteiger partial charge in [0.2, 0.25) is 5.91 Å². The first kappa shape index (κ1) is 10.7. The average Bonchev–Trinajstić information content (AvgIpc) is 2.99. The van der Waals surface area contributed by atoms with Crippen LogP contribution in [0, 0.1) is 0 Å². The molecule has 1 aliphatic rings. The predicted octanol–water partition coefficient (Wildman–Crippen LogP) is 0.223. The zero-order valence-corrected chi connectivity index (χ0v) is 8.94. The molecule has 2 rings (SSSR count). The fourth-order valence-electron chi connectivity index (χ4n) is 1.41. The molecule has 1 aromatic heterocycles. The van der Waals surface area contributed by atoms with E-state index in [1.807, 2.05) is 0 Å². The van der Waals surface area contributed by atoms with Gasteiger partial charge in [0.25, 0.3) is 0 Å². The second kappa shape index (κ2) is 4.34. The van der Waals surface area contributed by atoms with Gasteiger partial charge in [-0.3, -0.25) is 4.79 Å². The van der Waals surface area contributed by atoms with Crippen molar-refractivity contribution in [3.8, 4) is 0 Å². The number of nitrogens with two attached hydrogens (primary N) is 2. The van der Waals surface area contributed by atoms with Gasteiger partial charge in [0.15, 0.2) is 0 Å². The molecule has 0 atom stereocenters. The summed E-state index contributed by atoms with van der Waals surface area (Å²) >= 11 is 0. The number of hydrogen-bond donors (Lipinski definition) is 3. The Morgan fingerprint density at radius 2 is 2.25 bits per heavy atom. The summed E-state index contributed by atoms with van der Waals surface area (Å²) < 4.78 is 0. The van der Waals surface area contributed by atoms with E-state index in [-0.39, 0.29) is 12.3 Å². The lowest BCUT2D eigenvalue weighted by atomic mass is 10.3. The molecule has 0 unspecified atom stereocenters. The second-order valence-corrected chi connectivity index (χ2v) is 3.95. The van der Waals surface area contributed by atoms with Crippen LogP contribution in [-0.4, -0.2) is 22.4 Å². The van der Waals surface area contributed by atoms with Gasteiger partial charge in [0.1, 0.15) is 17.5 Å². The largest absolute Gasteiger partial charge is 0.384 e. The number of amides is 1. The molecule has 0 aromatic carbocycles. The van der Waals surface area contributed by atoms with Crippen LogP contribution in [0.1, 0.15) is 31.0 Å². The van der Waals surface area contributed by atoms with E-state index in [1.54, 1.807) is 6.07 Å². The monoisotopic (exact) mass is 221 g/mol. The molecular formula is C10H15N5O. The molecule has 1 saturated carbocycles. The molecule has 16 heavy (non-hydrogen) atoms. The molecule has 1 heterocycles. The minimum absolute atomic E-state index is 0.280. The van der Waals surface area contributed by atoms with E-state index in [2.05, 4.69) is 15.3 Å². The number of aromatic nitrogens is 2. The van der Waals surface area contributed by atoms with Crippen molar-refractivity contribution in [1.29, 1.82) is 0 Å².